The maximum Gasteiger partial charge on any atom is 0.133 e. The summed E-state index contributed by atoms with van der Waals surface area (Å²) in [6, 6.07) is 12.3. The molecule has 0 radical (unpaired) electrons. The SMILES string of the molecule is CC(=O)C1CC1COc1ccc(-c2cc(F)cc(OCC(C)C)c2)cc1. The highest BCUT2D eigenvalue weighted by molar-refractivity contribution is 5.81. The highest BCUT2D eigenvalue weighted by Gasteiger charge is 2.41. The highest BCUT2D eigenvalue weighted by atomic mass is 19.1. The number of hydrogen-bond acceptors (Lipinski definition) is 3. The molecule has 0 spiro atoms. The molecule has 3 nitrogen and oxygen atoms in total. The first-order valence-electron chi connectivity index (χ1n) is 9.09. The zero-order valence-electron chi connectivity index (χ0n) is 15.5. The van der Waals surface area contributed by atoms with Gasteiger partial charge >= 0.3 is 0 Å². The summed E-state index contributed by atoms with van der Waals surface area (Å²) in [6.45, 7) is 6.87. The first-order chi connectivity index (χ1) is 12.4. The van der Waals surface area contributed by atoms with Crippen LogP contribution in [0.1, 0.15) is 27.2 Å². The molecule has 1 aliphatic rings. The smallest absolute Gasteiger partial charge is 0.133 e. The van der Waals surface area contributed by atoms with Crippen molar-refractivity contribution in [3.05, 3.63) is 48.3 Å². The van der Waals surface area contributed by atoms with E-state index in [0.29, 0.717) is 30.8 Å². The Labute approximate surface area is 154 Å². The number of ketones is 1. The molecule has 0 heterocycles. The van der Waals surface area contributed by atoms with E-state index in [-0.39, 0.29) is 17.5 Å². The van der Waals surface area contributed by atoms with Crippen LogP contribution in [0.4, 0.5) is 4.39 Å². The maximum absolute atomic E-state index is 13.9. The van der Waals surface area contributed by atoms with Gasteiger partial charge in [0.05, 0.1) is 13.2 Å². The second kappa shape index (κ2) is 7.90. The molecule has 3 rings (SSSR count). The van der Waals surface area contributed by atoms with E-state index in [4.69, 9.17) is 9.47 Å². The number of carbonyl (C=O) groups is 1. The molecule has 0 N–H and O–H groups in total. The van der Waals surface area contributed by atoms with Crippen molar-refractivity contribution < 1.29 is 18.7 Å². The van der Waals surface area contributed by atoms with E-state index in [1.54, 1.807) is 6.92 Å². The molecule has 0 saturated heterocycles. The Kier molecular flexibility index (Phi) is 5.60. The molecule has 0 aliphatic heterocycles. The molecule has 0 bridgehead atoms. The number of Topliss-reactive ketones (excluding diaryl/α,β-unsaturated/α-hetero) is 1. The van der Waals surface area contributed by atoms with Crippen molar-refractivity contribution in [3.63, 3.8) is 0 Å². The normalized spacial score (nSPS) is 18.7. The van der Waals surface area contributed by atoms with E-state index in [9.17, 15) is 9.18 Å². The predicted molar refractivity (Wildman–Crippen MR) is 99.9 cm³/mol. The van der Waals surface area contributed by atoms with Crippen molar-refractivity contribution >= 4 is 5.78 Å². The lowest BCUT2D eigenvalue weighted by Crippen LogP contribution is -2.05. The monoisotopic (exact) mass is 356 g/mol. The Balaban J connectivity index is 1.63. The van der Waals surface area contributed by atoms with Crippen molar-refractivity contribution in [2.24, 2.45) is 17.8 Å². The number of rotatable bonds is 8. The summed E-state index contributed by atoms with van der Waals surface area (Å²) in [7, 11) is 0. The third-order valence-electron chi connectivity index (χ3n) is 4.55. The molecule has 2 atom stereocenters. The quantitative estimate of drug-likeness (QED) is 0.658. The van der Waals surface area contributed by atoms with E-state index >= 15 is 0 Å². The first kappa shape index (κ1) is 18.4. The molecule has 138 valence electrons. The van der Waals surface area contributed by atoms with Crippen molar-refractivity contribution in [1.82, 2.24) is 0 Å². The van der Waals surface area contributed by atoms with Crippen molar-refractivity contribution in [2.45, 2.75) is 27.2 Å². The van der Waals surface area contributed by atoms with Crippen LogP contribution in [0, 0.1) is 23.6 Å². The van der Waals surface area contributed by atoms with Gasteiger partial charge in [-0.2, -0.15) is 0 Å². The summed E-state index contributed by atoms with van der Waals surface area (Å²) in [4.78, 5) is 11.3. The number of halogens is 1. The summed E-state index contributed by atoms with van der Waals surface area (Å²) < 4.78 is 25.3. The molecule has 1 saturated carbocycles. The summed E-state index contributed by atoms with van der Waals surface area (Å²) in [6.07, 6.45) is 0.926. The lowest BCUT2D eigenvalue weighted by atomic mass is 10.1. The van der Waals surface area contributed by atoms with Crippen molar-refractivity contribution in [2.75, 3.05) is 13.2 Å². The van der Waals surface area contributed by atoms with Crippen LogP contribution < -0.4 is 9.47 Å². The number of benzene rings is 2. The topological polar surface area (TPSA) is 35.5 Å². The Morgan fingerprint density at radius 1 is 1.08 bits per heavy atom. The van der Waals surface area contributed by atoms with Crippen LogP contribution in [0.5, 0.6) is 11.5 Å². The van der Waals surface area contributed by atoms with E-state index in [0.717, 1.165) is 23.3 Å². The molecule has 1 fully saturated rings. The molecule has 4 heteroatoms. The van der Waals surface area contributed by atoms with Gasteiger partial charge in [0, 0.05) is 17.9 Å². The Morgan fingerprint density at radius 3 is 2.42 bits per heavy atom. The van der Waals surface area contributed by atoms with Gasteiger partial charge in [-0.25, -0.2) is 4.39 Å². The van der Waals surface area contributed by atoms with E-state index in [1.807, 2.05) is 30.3 Å². The molecular weight excluding hydrogens is 331 g/mol. The molecule has 0 aromatic heterocycles. The third kappa shape index (κ3) is 4.84. The number of carbonyl (C=O) groups excluding carboxylic acids is 1. The fourth-order valence-corrected chi connectivity index (χ4v) is 2.95. The minimum absolute atomic E-state index is 0.172. The lowest BCUT2D eigenvalue weighted by Gasteiger charge is -2.11. The van der Waals surface area contributed by atoms with E-state index in [2.05, 4.69) is 13.8 Å². The second-order valence-corrected chi connectivity index (χ2v) is 7.43. The van der Waals surface area contributed by atoms with Gasteiger partial charge in [-0.3, -0.25) is 4.79 Å². The first-order valence-corrected chi connectivity index (χ1v) is 9.09. The van der Waals surface area contributed by atoms with Crippen molar-refractivity contribution in [3.8, 4) is 22.6 Å². The standard InChI is InChI=1S/C22H25FO3/c1-14(2)12-25-21-9-17(8-19(23)11-21)16-4-6-20(7-5-16)26-13-18-10-22(18)15(3)24/h4-9,11,14,18,22H,10,12-13H2,1-3H3. The molecule has 1 aliphatic carbocycles. The van der Waals surface area contributed by atoms with Crippen LogP contribution in [-0.2, 0) is 4.79 Å². The minimum Gasteiger partial charge on any atom is -0.493 e. The Bertz CT molecular complexity index is 767. The van der Waals surface area contributed by atoms with E-state index in [1.165, 1.54) is 12.1 Å². The Morgan fingerprint density at radius 2 is 1.81 bits per heavy atom. The van der Waals surface area contributed by atoms with Gasteiger partial charge in [0.25, 0.3) is 0 Å². The van der Waals surface area contributed by atoms with Gasteiger partial charge in [-0.05, 0) is 54.7 Å². The molecule has 2 aromatic carbocycles. The third-order valence-corrected chi connectivity index (χ3v) is 4.55. The number of ether oxygens (including phenoxy) is 2. The van der Waals surface area contributed by atoms with E-state index < -0.39 is 0 Å². The average Bonchev–Trinajstić information content (AvgIpc) is 3.38. The summed E-state index contributed by atoms with van der Waals surface area (Å²) >= 11 is 0. The molecule has 0 amide bonds. The summed E-state index contributed by atoms with van der Waals surface area (Å²) in [5.74, 6) is 2.13. The van der Waals surface area contributed by atoms with Gasteiger partial charge in [0.15, 0.2) is 0 Å². The molecular formula is C22H25FO3. The largest absolute Gasteiger partial charge is 0.493 e. The summed E-state index contributed by atoms with van der Waals surface area (Å²) in [5, 5.41) is 0. The van der Waals surface area contributed by atoms with Crippen LogP contribution in [-0.4, -0.2) is 19.0 Å². The zero-order chi connectivity index (χ0) is 18.7. The average molecular weight is 356 g/mol. The fraction of sp³-hybridized carbons (Fsp3) is 0.409. The van der Waals surface area contributed by atoms with Crippen LogP contribution in [0.2, 0.25) is 0 Å². The van der Waals surface area contributed by atoms with Gasteiger partial charge in [0.1, 0.15) is 23.1 Å². The lowest BCUT2D eigenvalue weighted by molar-refractivity contribution is -0.118. The number of hydrogen-bond donors (Lipinski definition) is 0. The molecule has 26 heavy (non-hydrogen) atoms. The second-order valence-electron chi connectivity index (χ2n) is 7.43. The predicted octanol–water partition coefficient (Wildman–Crippen LogP) is 5.13. The van der Waals surface area contributed by atoms with Gasteiger partial charge in [-0.1, -0.05) is 26.0 Å². The molecule has 2 aromatic rings. The Hall–Kier alpha value is -2.36. The van der Waals surface area contributed by atoms with Crippen LogP contribution in [0.25, 0.3) is 11.1 Å². The fourth-order valence-electron chi connectivity index (χ4n) is 2.95. The highest BCUT2D eigenvalue weighted by Crippen LogP contribution is 2.39. The van der Waals surface area contributed by atoms with Crippen molar-refractivity contribution in [1.29, 1.82) is 0 Å². The van der Waals surface area contributed by atoms with Gasteiger partial charge in [0.2, 0.25) is 0 Å². The van der Waals surface area contributed by atoms with Gasteiger partial charge in [-0.15, -0.1) is 0 Å². The molecule has 2 unspecified atom stereocenters. The van der Waals surface area contributed by atoms with Gasteiger partial charge < -0.3 is 9.47 Å². The zero-order valence-corrected chi connectivity index (χ0v) is 15.5. The van der Waals surface area contributed by atoms with Crippen LogP contribution in [0.3, 0.4) is 0 Å². The minimum atomic E-state index is -0.314. The maximum atomic E-state index is 13.9. The summed E-state index contributed by atoms with van der Waals surface area (Å²) in [5.41, 5.74) is 1.67. The van der Waals surface area contributed by atoms with Crippen LogP contribution in [0.15, 0.2) is 42.5 Å². The van der Waals surface area contributed by atoms with Crippen LogP contribution >= 0.6 is 0 Å².